The summed E-state index contributed by atoms with van der Waals surface area (Å²) in [5.41, 5.74) is -1.24. The van der Waals surface area contributed by atoms with Crippen molar-refractivity contribution >= 4 is 28.9 Å². The molecular weight excluding hydrogens is 539 g/mol. The number of anilines is 1. The first-order valence-corrected chi connectivity index (χ1v) is 13.3. The van der Waals surface area contributed by atoms with Crippen molar-refractivity contribution in [3.05, 3.63) is 65.4 Å². The van der Waals surface area contributed by atoms with E-state index in [0.29, 0.717) is 12.0 Å². The molecule has 2 atom stereocenters. The lowest BCUT2D eigenvalue weighted by Gasteiger charge is -2.41. The molecule has 0 aliphatic carbocycles. The van der Waals surface area contributed by atoms with Crippen LogP contribution in [0.3, 0.4) is 0 Å². The number of alkyl halides is 3. The highest BCUT2D eigenvalue weighted by molar-refractivity contribution is 7.96. The summed E-state index contributed by atoms with van der Waals surface area (Å²) in [5.74, 6) is -4.97. The van der Waals surface area contributed by atoms with Crippen LogP contribution in [-0.2, 0) is 13.2 Å². The van der Waals surface area contributed by atoms with Crippen LogP contribution in [0.5, 0.6) is 5.75 Å². The first kappa shape index (κ1) is 27.1. The molecule has 4 aromatic rings. The number of hydrogen-bond donors (Lipinski definition) is 1. The second-order valence-corrected chi connectivity index (χ2v) is 10.2. The van der Waals surface area contributed by atoms with E-state index in [4.69, 9.17) is 0 Å². The zero-order chi connectivity index (χ0) is 28.1. The van der Waals surface area contributed by atoms with Crippen LogP contribution in [0.25, 0.3) is 22.3 Å². The highest BCUT2D eigenvalue weighted by Crippen LogP contribution is 2.42. The van der Waals surface area contributed by atoms with Crippen molar-refractivity contribution in [3.8, 4) is 17.0 Å². The van der Waals surface area contributed by atoms with Gasteiger partial charge in [0.25, 0.3) is 0 Å². The largest absolute Gasteiger partial charge is 0.503 e. The average Bonchev–Trinajstić information content (AvgIpc) is 3.26. The number of nitrogens with zero attached hydrogens (tertiary/aromatic N) is 6. The van der Waals surface area contributed by atoms with Gasteiger partial charge in [-0.05, 0) is 30.7 Å². The number of rotatable bonds is 5. The van der Waals surface area contributed by atoms with E-state index < -0.39 is 34.7 Å². The van der Waals surface area contributed by atoms with Gasteiger partial charge in [0.1, 0.15) is 5.69 Å². The summed E-state index contributed by atoms with van der Waals surface area (Å²) < 4.78 is 72.4. The number of phenols is 1. The molecule has 206 valence electrons. The highest BCUT2D eigenvalue weighted by atomic mass is 32.2. The van der Waals surface area contributed by atoms with E-state index in [-0.39, 0.29) is 28.8 Å². The molecule has 1 aliphatic rings. The molecule has 5 rings (SSSR count). The van der Waals surface area contributed by atoms with Crippen LogP contribution < -0.4 is 4.90 Å². The average molecular weight is 565 g/mol. The second kappa shape index (κ2) is 10.3. The summed E-state index contributed by atoms with van der Waals surface area (Å²) in [5, 5.41) is 14.0. The summed E-state index contributed by atoms with van der Waals surface area (Å²) >= 11 is 1.67. The Bertz CT molecular complexity index is 1510. The zero-order valence-electron chi connectivity index (χ0n) is 21.2. The van der Waals surface area contributed by atoms with E-state index in [1.165, 1.54) is 23.5 Å². The molecule has 13 heteroatoms. The molecule has 1 saturated heterocycles. The first-order valence-electron chi connectivity index (χ1n) is 12.1. The third kappa shape index (κ3) is 4.89. The maximum Gasteiger partial charge on any atom is 0.419 e. The molecule has 0 spiro atoms. The third-order valence-electron chi connectivity index (χ3n) is 7.10. The number of fused-ring (bicyclic) bond motifs is 1. The molecule has 2 unspecified atom stereocenters. The van der Waals surface area contributed by atoms with Crippen LogP contribution in [-0.4, -0.2) is 55.1 Å². The van der Waals surface area contributed by atoms with Crippen LogP contribution in [0.1, 0.15) is 30.0 Å². The van der Waals surface area contributed by atoms with Crippen LogP contribution >= 0.6 is 11.9 Å². The van der Waals surface area contributed by atoms with Crippen LogP contribution in [0.15, 0.2) is 42.6 Å². The van der Waals surface area contributed by atoms with Crippen LogP contribution in [0.4, 0.5) is 27.9 Å². The number of halogens is 5. The second-order valence-electron chi connectivity index (χ2n) is 9.38. The highest BCUT2D eigenvalue weighted by Gasteiger charge is 2.38. The summed E-state index contributed by atoms with van der Waals surface area (Å²) in [7, 11) is 3.38. The Balaban J connectivity index is 1.46. The Morgan fingerprint density at radius 2 is 1.82 bits per heavy atom. The van der Waals surface area contributed by atoms with Gasteiger partial charge in [0.2, 0.25) is 5.95 Å². The maximum absolute atomic E-state index is 14.8. The molecular formula is C26H25F5N6OS. The van der Waals surface area contributed by atoms with Crippen molar-refractivity contribution in [3.63, 3.8) is 0 Å². The number of benzene rings is 2. The zero-order valence-corrected chi connectivity index (χ0v) is 22.1. The number of hydrogen-bond acceptors (Lipinski definition) is 7. The Labute approximate surface area is 225 Å². The first-order chi connectivity index (χ1) is 18.5. The smallest absolute Gasteiger partial charge is 0.419 e. The molecule has 1 N–H and O–H groups in total. The third-order valence-corrected chi connectivity index (χ3v) is 7.97. The number of likely N-dealkylation sites (N-methyl/N-ethyl adjacent to an activating group) is 1. The van der Waals surface area contributed by atoms with Gasteiger partial charge in [0.05, 0.1) is 10.9 Å². The Morgan fingerprint density at radius 3 is 2.49 bits per heavy atom. The molecule has 0 amide bonds. The van der Waals surface area contributed by atoms with E-state index in [9.17, 15) is 27.1 Å². The molecule has 2 aromatic heterocycles. The van der Waals surface area contributed by atoms with E-state index >= 15 is 0 Å². The van der Waals surface area contributed by atoms with Crippen molar-refractivity contribution in [2.24, 2.45) is 7.05 Å². The van der Waals surface area contributed by atoms with Gasteiger partial charge in [-0.1, -0.05) is 42.3 Å². The molecule has 2 aromatic carbocycles. The van der Waals surface area contributed by atoms with Crippen molar-refractivity contribution in [2.45, 2.75) is 31.1 Å². The fraction of sp³-hybridized carbons (Fsp3) is 0.346. The normalized spacial score (nSPS) is 18.6. The van der Waals surface area contributed by atoms with E-state index in [1.807, 2.05) is 36.4 Å². The van der Waals surface area contributed by atoms with E-state index in [0.717, 1.165) is 19.4 Å². The van der Waals surface area contributed by atoms with Crippen molar-refractivity contribution < 1.29 is 27.1 Å². The summed E-state index contributed by atoms with van der Waals surface area (Å²) in [6.45, 7) is 0.746. The standard InChI is InChI=1S/C26H25F5N6OS/c1-35(15-9-10-19(37(13-15)39-3)14-7-5-4-6-8-14)25-32-12-17-22(34-36(2)24(17)33-25)16-11-18(26(29,30)31)21(28)23(38)20(16)27/h4-8,11-12,15,19,38H,9-10,13H2,1-3H3. The van der Waals surface area contributed by atoms with Gasteiger partial charge in [-0.25, -0.2) is 22.8 Å². The number of phenolic OH excluding ortho intramolecular Hbond substituents is 1. The van der Waals surface area contributed by atoms with Gasteiger partial charge in [-0.15, -0.1) is 0 Å². The molecule has 3 heterocycles. The van der Waals surface area contributed by atoms with E-state index in [1.54, 1.807) is 11.9 Å². The number of aromatic nitrogens is 4. The van der Waals surface area contributed by atoms with Gasteiger partial charge >= 0.3 is 6.18 Å². The van der Waals surface area contributed by atoms with Gasteiger partial charge in [0, 0.05) is 44.5 Å². The number of aryl methyl sites for hydroxylation is 1. The molecule has 39 heavy (non-hydrogen) atoms. The van der Waals surface area contributed by atoms with Crippen molar-refractivity contribution in [1.82, 2.24) is 24.1 Å². The Morgan fingerprint density at radius 1 is 1.10 bits per heavy atom. The minimum Gasteiger partial charge on any atom is -0.503 e. The summed E-state index contributed by atoms with van der Waals surface area (Å²) in [6.07, 6.45) is 0.0452. The van der Waals surface area contributed by atoms with Gasteiger partial charge < -0.3 is 10.0 Å². The fourth-order valence-corrected chi connectivity index (χ4v) is 5.81. The predicted octanol–water partition coefficient (Wildman–Crippen LogP) is 5.95. The van der Waals surface area contributed by atoms with Crippen LogP contribution in [0.2, 0.25) is 0 Å². The summed E-state index contributed by atoms with van der Waals surface area (Å²) in [4.78, 5) is 10.9. The van der Waals surface area contributed by atoms with Gasteiger partial charge in [0.15, 0.2) is 23.0 Å². The Kier molecular flexibility index (Phi) is 7.14. The lowest BCUT2D eigenvalue weighted by molar-refractivity contribution is -0.140. The lowest BCUT2D eigenvalue weighted by atomic mass is 9.94. The quantitative estimate of drug-likeness (QED) is 0.237. The van der Waals surface area contributed by atoms with Gasteiger partial charge in [-0.2, -0.15) is 23.3 Å². The molecule has 0 radical (unpaired) electrons. The predicted molar refractivity (Wildman–Crippen MR) is 139 cm³/mol. The fourth-order valence-electron chi connectivity index (χ4n) is 5.01. The molecule has 0 saturated carbocycles. The van der Waals surface area contributed by atoms with Crippen LogP contribution in [0, 0.1) is 11.6 Å². The van der Waals surface area contributed by atoms with Crippen molar-refractivity contribution in [2.75, 3.05) is 24.7 Å². The molecule has 1 fully saturated rings. The topological polar surface area (TPSA) is 70.3 Å². The maximum atomic E-state index is 14.8. The minimum atomic E-state index is -5.15. The monoisotopic (exact) mass is 564 g/mol. The summed E-state index contributed by atoms with van der Waals surface area (Å²) in [6, 6.07) is 11.0. The molecule has 0 bridgehead atoms. The SMILES string of the molecule is CSN1CC(N(C)c2ncc3c(-c4cc(C(F)(F)F)c(F)c(O)c4F)nn(C)c3n2)CCC1c1ccccc1. The van der Waals surface area contributed by atoms with Crippen molar-refractivity contribution in [1.29, 1.82) is 0 Å². The molecule has 1 aliphatic heterocycles. The lowest BCUT2D eigenvalue weighted by Crippen LogP contribution is -2.45. The minimum absolute atomic E-state index is 0.0865. The van der Waals surface area contributed by atoms with E-state index in [2.05, 4.69) is 31.5 Å². The number of piperidine rings is 1. The Hall–Kier alpha value is -3.45. The van der Waals surface area contributed by atoms with Gasteiger partial charge in [-0.3, -0.25) is 0 Å². The number of aromatic hydroxyl groups is 1. The molecule has 7 nitrogen and oxygen atoms in total.